The zero-order valence-corrected chi connectivity index (χ0v) is 24.2. The zero-order valence-electron chi connectivity index (χ0n) is 23.3. The summed E-state index contributed by atoms with van der Waals surface area (Å²) in [5.41, 5.74) is 2.28. The summed E-state index contributed by atoms with van der Waals surface area (Å²) in [5.74, 6) is 2.38. The van der Waals surface area contributed by atoms with E-state index in [4.69, 9.17) is 9.97 Å². The lowest BCUT2D eigenvalue weighted by molar-refractivity contribution is -0.152. The minimum atomic E-state index is -0.484. The van der Waals surface area contributed by atoms with Crippen molar-refractivity contribution in [3.8, 4) is 5.82 Å². The average molecular weight is 587 g/mol. The fourth-order valence-electron chi connectivity index (χ4n) is 6.24. The molecule has 0 saturated carbocycles. The first-order chi connectivity index (χ1) is 20.4. The van der Waals surface area contributed by atoms with Gasteiger partial charge in [0.2, 0.25) is 5.91 Å². The molecule has 2 aliphatic rings. The molecule has 0 aliphatic carbocycles. The smallest absolute Gasteiger partial charge is 0.229 e. The van der Waals surface area contributed by atoms with Gasteiger partial charge in [-0.25, -0.2) is 24.0 Å². The molecule has 42 heavy (non-hydrogen) atoms. The normalized spacial score (nSPS) is 21.7. The maximum atomic E-state index is 14.2. The molecule has 11 nitrogen and oxygen atoms in total. The Morgan fingerprint density at radius 1 is 1.21 bits per heavy atom. The molecule has 3 atom stereocenters. The molecule has 0 radical (unpaired) electrons. The van der Waals surface area contributed by atoms with E-state index in [0.717, 1.165) is 52.8 Å². The minimum Gasteiger partial charge on any atom is -0.335 e. The number of halogens is 1. The van der Waals surface area contributed by atoms with Crippen LogP contribution in [0.2, 0.25) is 0 Å². The number of pyridine rings is 1. The van der Waals surface area contributed by atoms with Crippen LogP contribution in [0.4, 0.5) is 16.0 Å². The number of fused-ring (bicyclic) bond motifs is 1. The molecule has 7 rings (SSSR count). The number of hydrogen-bond acceptors (Lipinski definition) is 9. The van der Waals surface area contributed by atoms with E-state index in [-0.39, 0.29) is 18.0 Å². The molecule has 1 spiro atoms. The van der Waals surface area contributed by atoms with Gasteiger partial charge in [0.05, 0.1) is 40.1 Å². The predicted octanol–water partition coefficient (Wildman–Crippen LogP) is 4.98. The van der Waals surface area contributed by atoms with Crippen molar-refractivity contribution in [2.45, 2.75) is 51.6 Å². The fraction of sp³-hybridized carbons (Fsp3) is 0.379. The Morgan fingerprint density at radius 3 is 2.88 bits per heavy atom. The molecule has 3 unspecified atom stereocenters. The van der Waals surface area contributed by atoms with Crippen LogP contribution in [0.25, 0.3) is 16.0 Å². The van der Waals surface area contributed by atoms with Crippen LogP contribution in [-0.4, -0.2) is 58.8 Å². The van der Waals surface area contributed by atoms with Gasteiger partial charge < -0.3 is 15.5 Å². The van der Waals surface area contributed by atoms with Crippen molar-refractivity contribution in [1.82, 2.24) is 45.1 Å². The van der Waals surface area contributed by atoms with Gasteiger partial charge in [0, 0.05) is 24.5 Å². The van der Waals surface area contributed by atoms with Crippen LogP contribution in [0.15, 0.2) is 48.2 Å². The highest BCUT2D eigenvalue weighted by molar-refractivity contribution is 7.17. The fourth-order valence-corrected chi connectivity index (χ4v) is 7.01. The molecule has 2 saturated heterocycles. The van der Waals surface area contributed by atoms with Gasteiger partial charge >= 0.3 is 0 Å². The number of nitrogens with one attached hydrogen (secondary N) is 3. The second kappa shape index (κ2) is 10.6. The predicted molar refractivity (Wildman–Crippen MR) is 157 cm³/mol. The molecule has 2 fully saturated rings. The number of rotatable bonds is 6. The Kier molecular flexibility index (Phi) is 6.70. The summed E-state index contributed by atoms with van der Waals surface area (Å²) in [4.78, 5) is 30.6. The lowest BCUT2D eigenvalue weighted by Gasteiger charge is -2.47. The molecular formula is C29H31FN10OS. The van der Waals surface area contributed by atoms with Crippen molar-refractivity contribution < 1.29 is 9.18 Å². The Balaban J connectivity index is 1.12. The number of amides is 1. The number of nitrogens with zero attached hydrogens (tertiary/aromatic N) is 7. The van der Waals surface area contributed by atoms with Gasteiger partial charge in [0.15, 0.2) is 23.3 Å². The van der Waals surface area contributed by atoms with Crippen LogP contribution in [0.5, 0.6) is 0 Å². The Hall–Kier alpha value is -4.23. The maximum Gasteiger partial charge on any atom is 0.229 e. The molecule has 0 bridgehead atoms. The van der Waals surface area contributed by atoms with Gasteiger partial charge in [-0.3, -0.25) is 9.89 Å². The average Bonchev–Trinajstić information content (AvgIpc) is 3.76. The summed E-state index contributed by atoms with van der Waals surface area (Å²) in [7, 11) is 0. The summed E-state index contributed by atoms with van der Waals surface area (Å²) in [6, 6.07) is 7.38. The monoisotopic (exact) mass is 586 g/mol. The van der Waals surface area contributed by atoms with E-state index in [1.165, 1.54) is 10.9 Å². The summed E-state index contributed by atoms with van der Waals surface area (Å²) in [5, 5.41) is 20.2. The van der Waals surface area contributed by atoms with Crippen molar-refractivity contribution in [2.24, 2.45) is 5.41 Å². The number of thiophene rings is 1. The molecule has 1 amide bonds. The van der Waals surface area contributed by atoms with E-state index in [1.54, 1.807) is 23.6 Å². The number of H-pyrrole nitrogens is 1. The highest BCUT2D eigenvalue weighted by atomic mass is 32.1. The lowest BCUT2D eigenvalue weighted by atomic mass is 9.69. The molecule has 216 valence electrons. The number of likely N-dealkylation sites (tertiary alicyclic amines) is 1. The van der Waals surface area contributed by atoms with Crippen LogP contribution in [0.1, 0.15) is 61.8 Å². The largest absolute Gasteiger partial charge is 0.335 e. The first-order valence-corrected chi connectivity index (χ1v) is 15.0. The van der Waals surface area contributed by atoms with E-state index in [0.29, 0.717) is 37.0 Å². The van der Waals surface area contributed by atoms with Crippen molar-refractivity contribution in [2.75, 3.05) is 18.4 Å². The van der Waals surface area contributed by atoms with Crippen molar-refractivity contribution >= 4 is 39.1 Å². The SMILES string of the molecule is Cc1cc(Nc2nc(C3CC4(CCCN(C(C)c5ccc(-n6cc(F)cn6)nc5)C4=O)CCN3)nc3ccsc23)n[nH]1. The van der Waals surface area contributed by atoms with Crippen LogP contribution >= 0.6 is 11.3 Å². The lowest BCUT2D eigenvalue weighted by Crippen LogP contribution is -2.54. The molecule has 5 aromatic rings. The number of carbonyl (C=O) groups is 1. The van der Waals surface area contributed by atoms with E-state index in [2.05, 4.69) is 30.9 Å². The van der Waals surface area contributed by atoms with E-state index in [9.17, 15) is 9.18 Å². The molecule has 5 aromatic heterocycles. The third-order valence-corrected chi connectivity index (χ3v) is 9.36. The van der Waals surface area contributed by atoms with Crippen molar-refractivity contribution in [3.63, 3.8) is 0 Å². The topological polar surface area (TPSA) is 130 Å². The van der Waals surface area contributed by atoms with E-state index >= 15 is 0 Å². The quantitative estimate of drug-likeness (QED) is 0.254. The second-order valence-electron chi connectivity index (χ2n) is 11.2. The molecule has 0 aromatic carbocycles. The van der Waals surface area contributed by atoms with Crippen LogP contribution < -0.4 is 10.6 Å². The van der Waals surface area contributed by atoms with Gasteiger partial charge in [-0.1, -0.05) is 6.07 Å². The van der Waals surface area contributed by atoms with Crippen LogP contribution in [0.3, 0.4) is 0 Å². The van der Waals surface area contributed by atoms with Crippen LogP contribution in [-0.2, 0) is 4.79 Å². The third-order valence-electron chi connectivity index (χ3n) is 8.45. The molecule has 3 N–H and O–H groups in total. The van der Waals surface area contributed by atoms with E-state index in [1.807, 2.05) is 42.3 Å². The summed E-state index contributed by atoms with van der Waals surface area (Å²) in [6.45, 7) is 5.40. The number of piperidine rings is 2. The number of aryl methyl sites for hydroxylation is 1. The maximum absolute atomic E-state index is 14.2. The highest BCUT2D eigenvalue weighted by Gasteiger charge is 2.48. The standard InChI is InChI=1S/C29H31FN10OS/c1-17-12-23(38-37-17)35-27-25-21(6-11-42-25)34-26(36-27)22-13-29(8-9-31-22)7-3-10-39(28(29)41)18(2)19-4-5-24(32-14-19)40-16-20(30)15-33-40/h4-6,11-12,14-16,18,22,31H,3,7-10,13H2,1-2H3,(H2,34,35,36,37,38). The number of aromatic amines is 1. The van der Waals surface area contributed by atoms with Crippen LogP contribution in [0, 0.1) is 18.2 Å². The first kappa shape index (κ1) is 26.7. The number of hydrogen-bond donors (Lipinski definition) is 3. The summed E-state index contributed by atoms with van der Waals surface area (Å²) >= 11 is 1.59. The number of aromatic nitrogens is 7. The van der Waals surface area contributed by atoms with Gasteiger partial charge in [-0.2, -0.15) is 10.2 Å². The Labute approximate surface area is 245 Å². The third kappa shape index (κ3) is 4.81. The Morgan fingerprint density at radius 2 is 2.12 bits per heavy atom. The molecular weight excluding hydrogens is 555 g/mol. The van der Waals surface area contributed by atoms with Crippen molar-refractivity contribution in [1.29, 1.82) is 0 Å². The summed E-state index contributed by atoms with van der Waals surface area (Å²) < 4.78 is 15.8. The minimum absolute atomic E-state index is 0.148. The van der Waals surface area contributed by atoms with Gasteiger partial charge in [0.1, 0.15) is 5.82 Å². The highest BCUT2D eigenvalue weighted by Crippen LogP contribution is 2.46. The van der Waals surface area contributed by atoms with E-state index < -0.39 is 11.2 Å². The van der Waals surface area contributed by atoms with Gasteiger partial charge in [-0.15, -0.1) is 11.3 Å². The van der Waals surface area contributed by atoms with Gasteiger partial charge in [-0.05, 0) is 69.2 Å². The molecule has 2 aliphatic heterocycles. The number of carbonyl (C=O) groups excluding carboxylic acids is 1. The molecule has 7 heterocycles. The summed E-state index contributed by atoms with van der Waals surface area (Å²) in [6.07, 6.45) is 7.35. The zero-order chi connectivity index (χ0) is 28.8. The van der Waals surface area contributed by atoms with Crippen molar-refractivity contribution in [3.05, 3.63) is 71.1 Å². The number of anilines is 2. The Bertz CT molecular complexity index is 1740. The first-order valence-electron chi connectivity index (χ1n) is 14.1. The second-order valence-corrected chi connectivity index (χ2v) is 12.1. The molecule has 13 heteroatoms. The van der Waals surface area contributed by atoms with Gasteiger partial charge in [0.25, 0.3) is 0 Å².